The van der Waals surface area contributed by atoms with Gasteiger partial charge in [0.05, 0.1) is 16.9 Å². The number of urea groups is 1. The molecule has 0 unspecified atom stereocenters. The Labute approximate surface area is 185 Å². The van der Waals surface area contributed by atoms with E-state index in [0.29, 0.717) is 5.56 Å². The number of hydrogen-bond donors (Lipinski definition) is 4. The van der Waals surface area contributed by atoms with Crippen molar-refractivity contribution in [3.8, 4) is 5.75 Å². The van der Waals surface area contributed by atoms with Crippen molar-refractivity contribution in [2.24, 2.45) is 5.14 Å². The van der Waals surface area contributed by atoms with Crippen molar-refractivity contribution in [3.63, 3.8) is 0 Å². The predicted molar refractivity (Wildman–Crippen MR) is 118 cm³/mol. The second kappa shape index (κ2) is 8.24. The topological polar surface area (TPSA) is 159 Å². The van der Waals surface area contributed by atoms with E-state index < -0.39 is 33.3 Å². The lowest BCUT2D eigenvalue weighted by Gasteiger charge is -2.29. The molecule has 5 N–H and O–H groups in total. The van der Waals surface area contributed by atoms with Crippen molar-refractivity contribution in [2.75, 3.05) is 16.8 Å². The smallest absolute Gasteiger partial charge is 0.328 e. The number of rotatable bonds is 4. The van der Waals surface area contributed by atoms with Gasteiger partial charge in [0.15, 0.2) is 0 Å². The van der Waals surface area contributed by atoms with Crippen LogP contribution in [-0.2, 0) is 20.2 Å². The number of hydrogen-bond acceptors (Lipinski definition) is 6. The number of carbonyl (C=O) groups excluding carboxylic acids is 3. The highest BCUT2D eigenvalue weighted by Gasteiger charge is 2.32. The van der Waals surface area contributed by atoms with E-state index in [1.807, 2.05) is 0 Å². The number of phenols is 1. The van der Waals surface area contributed by atoms with Crippen molar-refractivity contribution in [3.05, 3.63) is 47.5 Å². The molecule has 3 rings (SSSR count). The molecule has 0 aliphatic carbocycles. The highest BCUT2D eigenvalue weighted by atomic mass is 32.2. The van der Waals surface area contributed by atoms with E-state index >= 15 is 0 Å². The molecule has 0 aromatic heterocycles. The molecule has 0 radical (unpaired) electrons. The first-order valence-corrected chi connectivity index (χ1v) is 11.3. The van der Waals surface area contributed by atoms with Crippen LogP contribution in [0.1, 0.15) is 43.1 Å². The van der Waals surface area contributed by atoms with E-state index in [-0.39, 0.29) is 40.5 Å². The number of nitrogens with zero attached hydrogens (tertiary/aromatic N) is 1. The maximum atomic E-state index is 13.1. The molecule has 11 heteroatoms. The Kier molecular flexibility index (Phi) is 5.98. The summed E-state index contributed by atoms with van der Waals surface area (Å²) in [6.45, 7) is 5.59. The molecule has 0 atom stereocenters. The van der Waals surface area contributed by atoms with Gasteiger partial charge in [-0.25, -0.2) is 23.3 Å². The van der Waals surface area contributed by atoms with Crippen LogP contribution in [0.25, 0.3) is 0 Å². The number of phenolic OH excluding ortho intramolecular Hbond substituents is 1. The van der Waals surface area contributed by atoms with E-state index in [0.717, 1.165) is 4.90 Å². The monoisotopic (exact) mass is 460 g/mol. The second-order valence-corrected chi connectivity index (χ2v) is 9.88. The van der Waals surface area contributed by atoms with Gasteiger partial charge in [-0.2, -0.15) is 0 Å². The average molecular weight is 461 g/mol. The van der Waals surface area contributed by atoms with Crippen molar-refractivity contribution < 1.29 is 27.9 Å². The number of para-hydroxylation sites is 1. The minimum absolute atomic E-state index is 0.0751. The van der Waals surface area contributed by atoms with E-state index in [4.69, 9.17) is 5.14 Å². The zero-order valence-electron chi connectivity index (χ0n) is 17.8. The summed E-state index contributed by atoms with van der Waals surface area (Å²) < 4.78 is 23.7. The van der Waals surface area contributed by atoms with Crippen LogP contribution in [0.15, 0.2) is 41.3 Å². The summed E-state index contributed by atoms with van der Waals surface area (Å²) in [6.07, 6.45) is 0.0841. The highest BCUT2D eigenvalue weighted by Crippen LogP contribution is 2.38. The molecule has 170 valence electrons. The molecule has 32 heavy (non-hydrogen) atoms. The number of sulfonamides is 1. The molecule has 1 heterocycles. The number of nitrogens with one attached hydrogen (secondary N) is 2. The van der Waals surface area contributed by atoms with Gasteiger partial charge in [-0.15, -0.1) is 0 Å². The van der Waals surface area contributed by atoms with Crippen molar-refractivity contribution in [1.82, 2.24) is 5.32 Å². The maximum absolute atomic E-state index is 13.1. The van der Waals surface area contributed by atoms with Gasteiger partial charge in [-0.1, -0.05) is 32.9 Å². The largest absolute Gasteiger partial charge is 0.507 e. The van der Waals surface area contributed by atoms with E-state index in [2.05, 4.69) is 10.6 Å². The summed E-state index contributed by atoms with van der Waals surface area (Å²) in [5, 5.41) is 21.1. The normalized spacial score (nSPS) is 14.8. The van der Waals surface area contributed by atoms with Gasteiger partial charge in [-0.3, -0.25) is 9.59 Å². The third-order valence-electron chi connectivity index (χ3n) is 4.91. The quantitative estimate of drug-likeness (QED) is 0.546. The average Bonchev–Trinajstić information content (AvgIpc) is 2.67. The fourth-order valence-electron chi connectivity index (χ4n) is 3.34. The van der Waals surface area contributed by atoms with Crippen LogP contribution in [0.4, 0.5) is 16.2 Å². The number of aromatic hydroxyl groups is 1. The summed E-state index contributed by atoms with van der Waals surface area (Å²) in [5.41, 5.74) is -0.522. The number of benzene rings is 2. The number of carbonyl (C=O) groups is 3. The van der Waals surface area contributed by atoms with E-state index in [1.54, 1.807) is 20.8 Å². The molecule has 0 bridgehead atoms. The summed E-state index contributed by atoms with van der Waals surface area (Å²) in [5.74, 6) is -1.64. The van der Waals surface area contributed by atoms with Gasteiger partial charge in [0.25, 0.3) is 5.91 Å². The SMILES string of the molecule is CC(C)(C)c1cc(N2C(=O)CCNC2=O)cc(C(=O)Nc2ccccc2S(N)(=O)=O)c1O. The number of nitrogens with two attached hydrogens (primary N) is 1. The molecule has 2 aromatic carbocycles. The number of imide groups is 1. The van der Waals surface area contributed by atoms with Gasteiger partial charge in [0.2, 0.25) is 15.9 Å². The van der Waals surface area contributed by atoms with Crippen LogP contribution in [-0.4, -0.2) is 37.9 Å². The summed E-state index contributed by atoms with van der Waals surface area (Å²) in [6, 6.07) is 7.60. The summed E-state index contributed by atoms with van der Waals surface area (Å²) in [7, 11) is -4.13. The summed E-state index contributed by atoms with van der Waals surface area (Å²) >= 11 is 0. The first kappa shape index (κ1) is 23.2. The molecule has 1 saturated heterocycles. The third-order valence-corrected chi connectivity index (χ3v) is 5.88. The molecule has 1 fully saturated rings. The molecular formula is C21H24N4O6S. The molecule has 10 nitrogen and oxygen atoms in total. The van der Waals surface area contributed by atoms with Crippen LogP contribution in [0.3, 0.4) is 0 Å². The number of anilines is 2. The Hall–Kier alpha value is -3.44. The van der Waals surface area contributed by atoms with Crippen molar-refractivity contribution >= 4 is 39.2 Å². The molecule has 4 amide bonds. The Morgan fingerprint density at radius 3 is 2.44 bits per heavy atom. The Morgan fingerprint density at radius 2 is 1.84 bits per heavy atom. The van der Waals surface area contributed by atoms with Gasteiger partial charge in [0, 0.05) is 18.5 Å². The second-order valence-electron chi connectivity index (χ2n) is 8.35. The third kappa shape index (κ3) is 4.58. The van der Waals surface area contributed by atoms with Crippen LogP contribution < -0.4 is 20.7 Å². The fraction of sp³-hybridized carbons (Fsp3) is 0.286. The number of amides is 4. The van der Waals surface area contributed by atoms with E-state index in [1.165, 1.54) is 36.4 Å². The molecule has 0 saturated carbocycles. The lowest BCUT2D eigenvalue weighted by molar-refractivity contribution is -0.118. The standard InChI is InChI=1S/C21H24N4O6S/c1-21(2,3)14-11-12(25-17(26)8-9-23-20(25)29)10-13(18(14)27)19(28)24-15-6-4-5-7-16(15)32(22,30)31/h4-7,10-11,27H,8-9H2,1-3H3,(H,23,29)(H,24,28)(H2,22,30,31). The van der Waals surface area contributed by atoms with Crippen LogP contribution in [0.2, 0.25) is 0 Å². The lowest BCUT2D eigenvalue weighted by Crippen LogP contribution is -2.50. The Morgan fingerprint density at radius 1 is 1.19 bits per heavy atom. The van der Waals surface area contributed by atoms with Gasteiger partial charge >= 0.3 is 6.03 Å². The van der Waals surface area contributed by atoms with Crippen LogP contribution in [0, 0.1) is 0 Å². The Balaban J connectivity index is 2.13. The molecular weight excluding hydrogens is 436 g/mol. The van der Waals surface area contributed by atoms with Gasteiger partial charge in [0.1, 0.15) is 10.6 Å². The molecule has 0 spiro atoms. The summed E-state index contributed by atoms with van der Waals surface area (Å²) in [4.78, 5) is 38.4. The van der Waals surface area contributed by atoms with Crippen LogP contribution >= 0.6 is 0 Å². The molecule has 1 aliphatic heterocycles. The predicted octanol–water partition coefficient (Wildman–Crippen LogP) is 2.04. The first-order chi connectivity index (χ1) is 14.8. The Bertz CT molecular complexity index is 1200. The lowest BCUT2D eigenvalue weighted by atomic mass is 9.84. The van der Waals surface area contributed by atoms with E-state index in [9.17, 15) is 27.9 Å². The minimum atomic E-state index is -4.13. The first-order valence-electron chi connectivity index (χ1n) is 9.72. The van der Waals surface area contributed by atoms with Gasteiger partial charge in [-0.05, 0) is 29.7 Å². The highest BCUT2D eigenvalue weighted by molar-refractivity contribution is 7.89. The van der Waals surface area contributed by atoms with Crippen molar-refractivity contribution in [1.29, 1.82) is 0 Å². The zero-order valence-corrected chi connectivity index (χ0v) is 18.6. The van der Waals surface area contributed by atoms with Crippen LogP contribution in [0.5, 0.6) is 5.75 Å². The minimum Gasteiger partial charge on any atom is -0.507 e. The maximum Gasteiger partial charge on any atom is 0.328 e. The fourth-order valence-corrected chi connectivity index (χ4v) is 4.04. The molecule has 2 aromatic rings. The van der Waals surface area contributed by atoms with Gasteiger partial charge < -0.3 is 15.7 Å². The molecule has 1 aliphatic rings. The zero-order chi connectivity index (χ0) is 23.8. The van der Waals surface area contributed by atoms with Crippen molar-refractivity contribution in [2.45, 2.75) is 37.5 Å². The number of primary sulfonamides is 1.